The first kappa shape index (κ1) is 14.3. The van der Waals surface area contributed by atoms with Crippen molar-refractivity contribution in [2.24, 2.45) is 5.92 Å². The summed E-state index contributed by atoms with van der Waals surface area (Å²) in [5, 5.41) is 3.56. The van der Waals surface area contributed by atoms with Crippen LogP contribution in [0.5, 0.6) is 5.75 Å². The normalized spacial score (nSPS) is 21.8. The van der Waals surface area contributed by atoms with Crippen LogP contribution in [0.15, 0.2) is 24.3 Å². The Labute approximate surface area is 115 Å². The van der Waals surface area contributed by atoms with Gasteiger partial charge >= 0.3 is 0 Å². The number of ether oxygens (including phenoxy) is 3. The molecular formula is C15H23NO3. The maximum atomic E-state index is 5.74. The molecule has 106 valence electrons. The second-order valence-electron chi connectivity index (χ2n) is 4.86. The highest BCUT2D eigenvalue weighted by Crippen LogP contribution is 2.34. The maximum absolute atomic E-state index is 5.74. The lowest BCUT2D eigenvalue weighted by Gasteiger charge is -2.32. The molecule has 0 aliphatic carbocycles. The highest BCUT2D eigenvalue weighted by atomic mass is 16.5. The van der Waals surface area contributed by atoms with E-state index in [-0.39, 0.29) is 0 Å². The number of fused-ring (bicyclic) bond motifs is 1. The number of methoxy groups -OCH3 is 1. The van der Waals surface area contributed by atoms with Crippen molar-refractivity contribution >= 4 is 0 Å². The lowest BCUT2D eigenvalue weighted by atomic mass is 9.92. The topological polar surface area (TPSA) is 39.7 Å². The van der Waals surface area contributed by atoms with Crippen molar-refractivity contribution in [3.05, 3.63) is 29.8 Å². The molecule has 0 bridgehead atoms. The first-order chi connectivity index (χ1) is 9.33. The number of benzene rings is 1. The predicted octanol–water partition coefficient (Wildman–Crippen LogP) is 2.01. The zero-order valence-electron chi connectivity index (χ0n) is 11.7. The third-order valence-electron chi connectivity index (χ3n) is 3.37. The molecule has 0 amide bonds. The van der Waals surface area contributed by atoms with Crippen LogP contribution in [0.4, 0.5) is 0 Å². The SMILES string of the molecule is COCCOCCNC1c2ccccc2OCC1C. The molecule has 2 rings (SSSR count). The van der Waals surface area contributed by atoms with Gasteiger partial charge in [0.1, 0.15) is 5.75 Å². The number of hydrogen-bond donors (Lipinski definition) is 1. The van der Waals surface area contributed by atoms with Gasteiger partial charge in [-0.2, -0.15) is 0 Å². The first-order valence-electron chi connectivity index (χ1n) is 6.84. The van der Waals surface area contributed by atoms with Gasteiger partial charge in [0.25, 0.3) is 0 Å². The van der Waals surface area contributed by atoms with Gasteiger partial charge in [-0.05, 0) is 6.07 Å². The molecule has 1 aromatic carbocycles. The quantitative estimate of drug-likeness (QED) is 0.766. The summed E-state index contributed by atoms with van der Waals surface area (Å²) < 4.78 is 16.1. The van der Waals surface area contributed by atoms with E-state index in [0.717, 1.165) is 18.9 Å². The van der Waals surface area contributed by atoms with Gasteiger partial charge in [0.15, 0.2) is 0 Å². The van der Waals surface area contributed by atoms with Gasteiger partial charge in [-0.1, -0.05) is 25.1 Å². The zero-order valence-corrected chi connectivity index (χ0v) is 11.7. The van der Waals surface area contributed by atoms with Gasteiger partial charge in [0.2, 0.25) is 0 Å². The summed E-state index contributed by atoms with van der Waals surface area (Å²) in [5.41, 5.74) is 1.25. The Bertz CT molecular complexity index is 383. The molecule has 1 heterocycles. The molecule has 1 N–H and O–H groups in total. The van der Waals surface area contributed by atoms with Crippen molar-refractivity contribution in [2.75, 3.05) is 40.1 Å². The molecule has 0 radical (unpaired) electrons. The Balaban J connectivity index is 1.82. The Kier molecular flexibility index (Phi) is 5.63. The summed E-state index contributed by atoms with van der Waals surface area (Å²) in [5.74, 6) is 1.47. The molecule has 0 spiro atoms. The molecule has 0 saturated heterocycles. The second-order valence-corrected chi connectivity index (χ2v) is 4.86. The van der Waals surface area contributed by atoms with Gasteiger partial charge in [0.05, 0.1) is 26.4 Å². The van der Waals surface area contributed by atoms with Gasteiger partial charge in [0, 0.05) is 31.2 Å². The van der Waals surface area contributed by atoms with E-state index >= 15 is 0 Å². The van der Waals surface area contributed by atoms with Crippen molar-refractivity contribution < 1.29 is 14.2 Å². The van der Waals surface area contributed by atoms with E-state index < -0.39 is 0 Å². The average Bonchev–Trinajstić information content (AvgIpc) is 2.44. The van der Waals surface area contributed by atoms with E-state index in [9.17, 15) is 0 Å². The van der Waals surface area contributed by atoms with E-state index in [1.54, 1.807) is 7.11 Å². The molecule has 2 unspecified atom stereocenters. The fourth-order valence-corrected chi connectivity index (χ4v) is 2.33. The monoisotopic (exact) mass is 265 g/mol. The van der Waals surface area contributed by atoms with Gasteiger partial charge in [-0.15, -0.1) is 0 Å². The zero-order chi connectivity index (χ0) is 13.5. The summed E-state index contributed by atoms with van der Waals surface area (Å²) in [6.45, 7) is 5.82. The van der Waals surface area contributed by atoms with Gasteiger partial charge in [-0.25, -0.2) is 0 Å². The predicted molar refractivity (Wildman–Crippen MR) is 74.5 cm³/mol. The molecule has 0 aromatic heterocycles. The summed E-state index contributed by atoms with van der Waals surface area (Å²) in [4.78, 5) is 0. The number of hydrogen-bond acceptors (Lipinski definition) is 4. The van der Waals surface area contributed by atoms with Crippen molar-refractivity contribution in [3.63, 3.8) is 0 Å². The van der Waals surface area contributed by atoms with Crippen LogP contribution >= 0.6 is 0 Å². The Morgan fingerprint density at radius 3 is 2.95 bits per heavy atom. The van der Waals surface area contributed by atoms with Gasteiger partial charge in [-0.3, -0.25) is 0 Å². The van der Waals surface area contributed by atoms with Crippen LogP contribution < -0.4 is 10.1 Å². The molecule has 1 aromatic rings. The van der Waals surface area contributed by atoms with Crippen molar-refractivity contribution in [1.29, 1.82) is 0 Å². The first-order valence-corrected chi connectivity index (χ1v) is 6.84. The molecular weight excluding hydrogens is 242 g/mol. The standard InChI is InChI=1S/C15H23NO3/c1-12-11-19-14-6-4-3-5-13(14)15(12)16-7-8-18-10-9-17-2/h3-6,12,15-16H,7-11H2,1-2H3. The summed E-state index contributed by atoms with van der Waals surface area (Å²) in [6, 6.07) is 8.58. The molecule has 2 atom stereocenters. The molecule has 1 aliphatic rings. The fourth-order valence-electron chi connectivity index (χ4n) is 2.33. The highest BCUT2D eigenvalue weighted by molar-refractivity contribution is 5.37. The van der Waals surface area contributed by atoms with E-state index in [1.165, 1.54) is 5.56 Å². The Hall–Kier alpha value is -1.10. The third-order valence-corrected chi connectivity index (χ3v) is 3.37. The minimum Gasteiger partial charge on any atom is -0.493 e. The number of para-hydroxylation sites is 1. The molecule has 1 aliphatic heterocycles. The highest BCUT2D eigenvalue weighted by Gasteiger charge is 2.26. The average molecular weight is 265 g/mol. The van der Waals surface area contributed by atoms with Crippen molar-refractivity contribution in [1.82, 2.24) is 5.32 Å². The van der Waals surface area contributed by atoms with Crippen LogP contribution in [0.1, 0.15) is 18.5 Å². The number of nitrogens with one attached hydrogen (secondary N) is 1. The van der Waals surface area contributed by atoms with Crippen LogP contribution in [-0.2, 0) is 9.47 Å². The summed E-state index contributed by atoms with van der Waals surface area (Å²) in [6.07, 6.45) is 0. The maximum Gasteiger partial charge on any atom is 0.124 e. The van der Waals surface area contributed by atoms with Crippen LogP contribution in [0.2, 0.25) is 0 Å². The molecule has 4 heteroatoms. The number of rotatable bonds is 7. The minimum atomic E-state index is 0.343. The fraction of sp³-hybridized carbons (Fsp3) is 0.600. The largest absolute Gasteiger partial charge is 0.493 e. The van der Waals surface area contributed by atoms with Crippen LogP contribution in [-0.4, -0.2) is 40.1 Å². The van der Waals surface area contributed by atoms with E-state index in [2.05, 4.69) is 24.4 Å². The van der Waals surface area contributed by atoms with E-state index in [1.807, 2.05) is 12.1 Å². The molecule has 19 heavy (non-hydrogen) atoms. The van der Waals surface area contributed by atoms with E-state index in [4.69, 9.17) is 14.2 Å². The lowest BCUT2D eigenvalue weighted by molar-refractivity contribution is 0.0690. The Morgan fingerprint density at radius 2 is 2.11 bits per heavy atom. The Morgan fingerprint density at radius 1 is 1.26 bits per heavy atom. The van der Waals surface area contributed by atoms with Crippen LogP contribution in [0.25, 0.3) is 0 Å². The summed E-state index contributed by atoms with van der Waals surface area (Å²) in [7, 11) is 1.68. The van der Waals surface area contributed by atoms with Crippen LogP contribution in [0.3, 0.4) is 0 Å². The van der Waals surface area contributed by atoms with Crippen molar-refractivity contribution in [3.8, 4) is 5.75 Å². The van der Waals surface area contributed by atoms with Crippen LogP contribution in [0, 0.1) is 5.92 Å². The summed E-state index contributed by atoms with van der Waals surface area (Å²) >= 11 is 0. The van der Waals surface area contributed by atoms with Gasteiger partial charge < -0.3 is 19.5 Å². The lowest BCUT2D eigenvalue weighted by Crippen LogP contribution is -2.35. The molecule has 0 saturated carbocycles. The second kappa shape index (κ2) is 7.48. The smallest absolute Gasteiger partial charge is 0.124 e. The third kappa shape index (κ3) is 3.93. The molecule has 4 nitrogen and oxygen atoms in total. The van der Waals surface area contributed by atoms with E-state index in [0.29, 0.717) is 31.8 Å². The van der Waals surface area contributed by atoms with Crippen molar-refractivity contribution in [2.45, 2.75) is 13.0 Å². The molecule has 0 fully saturated rings. The minimum absolute atomic E-state index is 0.343.